The molecule has 0 radical (unpaired) electrons. The number of unbranched alkanes of at least 4 members (excludes halogenated alkanes) is 2. The highest BCUT2D eigenvalue weighted by molar-refractivity contribution is 6.00. The van der Waals surface area contributed by atoms with Crippen molar-refractivity contribution in [3.63, 3.8) is 0 Å². The average Bonchev–Trinajstić information content (AvgIpc) is 2.76. The smallest absolute Gasteiger partial charge is 0.341 e. The quantitative estimate of drug-likeness (QED) is 0.409. The van der Waals surface area contributed by atoms with Gasteiger partial charge in [0.25, 0.3) is 0 Å². The maximum Gasteiger partial charge on any atom is 0.341 e. The molecule has 0 fully saturated rings. The van der Waals surface area contributed by atoms with Crippen LogP contribution in [0.25, 0.3) is 0 Å². The summed E-state index contributed by atoms with van der Waals surface area (Å²) in [5.41, 5.74) is 1.04. The molecule has 0 saturated carbocycles. The predicted molar refractivity (Wildman–Crippen MR) is 77.3 cm³/mol. The molecule has 112 valence electrons. The van der Waals surface area contributed by atoms with Crippen LogP contribution in [-0.2, 0) is 11.2 Å². The Morgan fingerprint density at radius 2 is 1.85 bits per heavy atom. The van der Waals surface area contributed by atoms with Crippen LogP contribution in [0.5, 0.6) is 0 Å². The second-order valence-corrected chi connectivity index (χ2v) is 4.81. The van der Waals surface area contributed by atoms with Crippen molar-refractivity contribution in [2.75, 3.05) is 6.61 Å². The van der Waals surface area contributed by atoms with Crippen LogP contribution in [0, 0.1) is 6.92 Å². The number of carbonyl (C=O) groups is 2. The number of ether oxygens (including phenoxy) is 1. The first kappa shape index (κ1) is 16.5. The van der Waals surface area contributed by atoms with Crippen LogP contribution in [0.1, 0.15) is 78.7 Å². The predicted octanol–water partition coefficient (Wildman–Crippen LogP) is 4.09. The number of rotatable bonds is 8. The van der Waals surface area contributed by atoms with Gasteiger partial charge in [0.15, 0.2) is 11.5 Å². The van der Waals surface area contributed by atoms with Crippen molar-refractivity contribution in [3.05, 3.63) is 22.6 Å². The Balaban J connectivity index is 2.99. The number of furan rings is 1. The zero-order chi connectivity index (χ0) is 15.1. The van der Waals surface area contributed by atoms with Gasteiger partial charge in [-0.2, -0.15) is 0 Å². The maximum absolute atomic E-state index is 12.2. The molecule has 4 nitrogen and oxygen atoms in total. The first-order chi connectivity index (χ1) is 9.56. The molecule has 0 bridgehead atoms. The number of esters is 1. The van der Waals surface area contributed by atoms with E-state index >= 15 is 0 Å². The second kappa shape index (κ2) is 7.88. The lowest BCUT2D eigenvalue weighted by molar-refractivity contribution is 0.0523. The minimum atomic E-state index is -0.404. The monoisotopic (exact) mass is 280 g/mol. The number of carbonyl (C=O) groups excluding carboxylic acids is 2. The second-order valence-electron chi connectivity index (χ2n) is 4.81. The van der Waals surface area contributed by atoms with Gasteiger partial charge in [-0.15, -0.1) is 0 Å². The van der Waals surface area contributed by atoms with Crippen molar-refractivity contribution in [1.29, 1.82) is 0 Å². The van der Waals surface area contributed by atoms with E-state index in [1.165, 1.54) is 0 Å². The summed E-state index contributed by atoms with van der Waals surface area (Å²) in [4.78, 5) is 24.1. The number of ketones is 1. The standard InChI is InChI=1S/C16H24O4/c1-5-8-9-10-12(17)15-11(4)14(13(6-2)20-15)16(18)19-7-3/h5-10H2,1-4H3. The number of Topliss-reactive ketones (excluding diaryl/α,β-unsaturated/α-hetero) is 1. The molecule has 0 amide bonds. The highest BCUT2D eigenvalue weighted by Gasteiger charge is 2.26. The van der Waals surface area contributed by atoms with Crippen LogP contribution in [0.3, 0.4) is 0 Å². The van der Waals surface area contributed by atoms with Crippen LogP contribution in [0.15, 0.2) is 4.42 Å². The van der Waals surface area contributed by atoms with Gasteiger partial charge in [-0.05, 0) is 20.3 Å². The Hall–Kier alpha value is -1.58. The maximum atomic E-state index is 12.2. The normalized spacial score (nSPS) is 10.6. The van der Waals surface area contributed by atoms with Gasteiger partial charge < -0.3 is 9.15 Å². The fourth-order valence-electron chi connectivity index (χ4n) is 2.21. The lowest BCUT2D eigenvalue weighted by atomic mass is 10.0. The van der Waals surface area contributed by atoms with E-state index in [0.29, 0.717) is 42.1 Å². The first-order valence-electron chi connectivity index (χ1n) is 7.39. The summed E-state index contributed by atoms with van der Waals surface area (Å²) in [5.74, 6) is 0.431. The van der Waals surface area contributed by atoms with Crippen molar-refractivity contribution < 1.29 is 18.7 Å². The minimum absolute atomic E-state index is 0.0267. The molecule has 0 unspecified atom stereocenters. The molecular formula is C16H24O4. The Morgan fingerprint density at radius 1 is 1.15 bits per heavy atom. The van der Waals surface area contributed by atoms with Crippen LogP contribution >= 0.6 is 0 Å². The first-order valence-corrected chi connectivity index (χ1v) is 7.39. The van der Waals surface area contributed by atoms with E-state index in [9.17, 15) is 9.59 Å². The van der Waals surface area contributed by atoms with Crippen molar-refractivity contribution in [2.45, 2.75) is 59.8 Å². The number of aryl methyl sites for hydroxylation is 1. The van der Waals surface area contributed by atoms with E-state index < -0.39 is 5.97 Å². The summed E-state index contributed by atoms with van der Waals surface area (Å²) in [6.45, 7) is 7.81. The molecule has 0 saturated heterocycles. The van der Waals surface area contributed by atoms with E-state index in [1.807, 2.05) is 6.92 Å². The van der Waals surface area contributed by atoms with Gasteiger partial charge in [-0.25, -0.2) is 4.79 Å². The van der Waals surface area contributed by atoms with Gasteiger partial charge in [0.2, 0.25) is 0 Å². The summed E-state index contributed by atoms with van der Waals surface area (Å²) in [6, 6.07) is 0. The summed E-state index contributed by atoms with van der Waals surface area (Å²) < 4.78 is 10.6. The third-order valence-corrected chi connectivity index (χ3v) is 3.28. The zero-order valence-electron chi connectivity index (χ0n) is 12.9. The average molecular weight is 280 g/mol. The molecule has 0 atom stereocenters. The summed E-state index contributed by atoms with van der Waals surface area (Å²) in [5, 5.41) is 0. The molecule has 4 heteroatoms. The lowest BCUT2D eigenvalue weighted by Crippen LogP contribution is -2.08. The topological polar surface area (TPSA) is 56.5 Å². The highest BCUT2D eigenvalue weighted by Crippen LogP contribution is 2.25. The molecule has 1 aromatic rings. The number of hydrogen-bond acceptors (Lipinski definition) is 4. The molecule has 20 heavy (non-hydrogen) atoms. The summed E-state index contributed by atoms with van der Waals surface area (Å²) in [6.07, 6.45) is 3.98. The van der Waals surface area contributed by atoms with E-state index in [-0.39, 0.29) is 5.78 Å². The zero-order valence-corrected chi connectivity index (χ0v) is 12.9. The molecule has 1 rings (SSSR count). The fraction of sp³-hybridized carbons (Fsp3) is 0.625. The SMILES string of the molecule is CCCCCC(=O)c1oc(CC)c(C(=O)OCC)c1C. The van der Waals surface area contributed by atoms with Gasteiger partial charge in [0.05, 0.1) is 6.61 Å². The van der Waals surface area contributed by atoms with Gasteiger partial charge in [0.1, 0.15) is 11.3 Å². The Morgan fingerprint density at radius 3 is 2.40 bits per heavy atom. The summed E-state index contributed by atoms with van der Waals surface area (Å²) >= 11 is 0. The fourth-order valence-corrected chi connectivity index (χ4v) is 2.21. The van der Waals surface area contributed by atoms with Gasteiger partial charge in [-0.1, -0.05) is 26.7 Å². The minimum Gasteiger partial charge on any atom is -0.462 e. The van der Waals surface area contributed by atoms with Crippen molar-refractivity contribution in [3.8, 4) is 0 Å². The van der Waals surface area contributed by atoms with E-state index in [0.717, 1.165) is 19.3 Å². The van der Waals surface area contributed by atoms with Crippen LogP contribution in [0.4, 0.5) is 0 Å². The molecule has 0 aromatic carbocycles. The van der Waals surface area contributed by atoms with Gasteiger partial charge in [-0.3, -0.25) is 4.79 Å². The molecule has 0 aliphatic heterocycles. The number of hydrogen-bond donors (Lipinski definition) is 0. The largest absolute Gasteiger partial charge is 0.462 e. The molecule has 1 heterocycles. The van der Waals surface area contributed by atoms with E-state index in [2.05, 4.69) is 6.92 Å². The van der Waals surface area contributed by atoms with Crippen LogP contribution in [-0.4, -0.2) is 18.4 Å². The van der Waals surface area contributed by atoms with Crippen molar-refractivity contribution >= 4 is 11.8 Å². The molecule has 0 aliphatic carbocycles. The van der Waals surface area contributed by atoms with Crippen LogP contribution in [0.2, 0.25) is 0 Å². The molecule has 1 aromatic heterocycles. The third-order valence-electron chi connectivity index (χ3n) is 3.28. The van der Waals surface area contributed by atoms with Gasteiger partial charge in [0, 0.05) is 18.4 Å². The molecule has 0 spiro atoms. The van der Waals surface area contributed by atoms with Crippen molar-refractivity contribution in [1.82, 2.24) is 0 Å². The van der Waals surface area contributed by atoms with Gasteiger partial charge >= 0.3 is 5.97 Å². The molecule has 0 aliphatic rings. The van der Waals surface area contributed by atoms with Crippen LogP contribution < -0.4 is 0 Å². The van der Waals surface area contributed by atoms with E-state index in [4.69, 9.17) is 9.15 Å². The Kier molecular flexibility index (Phi) is 6.49. The third kappa shape index (κ3) is 3.71. The molecule has 0 N–H and O–H groups in total. The highest BCUT2D eigenvalue weighted by atomic mass is 16.5. The molecular weight excluding hydrogens is 256 g/mol. The lowest BCUT2D eigenvalue weighted by Gasteiger charge is -2.02. The Bertz CT molecular complexity index is 471. The summed E-state index contributed by atoms with van der Waals surface area (Å²) in [7, 11) is 0. The van der Waals surface area contributed by atoms with Crippen molar-refractivity contribution in [2.24, 2.45) is 0 Å². The van der Waals surface area contributed by atoms with E-state index in [1.54, 1.807) is 13.8 Å². The Labute approximate surface area is 120 Å².